The molecule has 2 aromatic rings. The van der Waals surface area contributed by atoms with Gasteiger partial charge in [-0.3, -0.25) is 14.3 Å². The first-order valence-corrected chi connectivity index (χ1v) is 9.74. The van der Waals surface area contributed by atoms with Crippen LogP contribution in [0, 0.1) is 6.92 Å². The first-order chi connectivity index (χ1) is 12.4. The summed E-state index contributed by atoms with van der Waals surface area (Å²) in [6.07, 6.45) is 0. The standard InChI is InChI=1S/C16H21ClN4O3S2/c1-11-15(24-13-6-4-5-12(17)9-13)25-16(19-11)20-14(22)10-23-26-18-7-8-21(2)3/h4-6,9,18H,7-8,10H2,1-3H3,(H,19,20,22). The van der Waals surface area contributed by atoms with Crippen molar-refractivity contribution >= 4 is 46.2 Å². The fraction of sp³-hybridized carbons (Fsp3) is 0.375. The number of carbonyl (C=O) groups is 1. The number of benzene rings is 1. The van der Waals surface area contributed by atoms with Crippen LogP contribution in [0.2, 0.25) is 5.02 Å². The van der Waals surface area contributed by atoms with Gasteiger partial charge in [0.05, 0.1) is 17.9 Å². The van der Waals surface area contributed by atoms with Crippen LogP contribution in [-0.2, 0) is 8.98 Å². The minimum Gasteiger partial charge on any atom is -0.445 e. The van der Waals surface area contributed by atoms with Gasteiger partial charge < -0.3 is 9.64 Å². The van der Waals surface area contributed by atoms with Gasteiger partial charge in [-0.25, -0.2) is 9.71 Å². The lowest BCUT2D eigenvalue weighted by molar-refractivity contribution is -0.117. The van der Waals surface area contributed by atoms with E-state index in [9.17, 15) is 4.79 Å². The number of halogens is 1. The van der Waals surface area contributed by atoms with E-state index in [2.05, 4.69) is 15.0 Å². The quantitative estimate of drug-likeness (QED) is 0.348. The van der Waals surface area contributed by atoms with Gasteiger partial charge in [0, 0.05) is 18.1 Å². The maximum atomic E-state index is 11.9. The number of amides is 1. The summed E-state index contributed by atoms with van der Waals surface area (Å²) < 4.78 is 14.0. The number of nitrogens with one attached hydrogen (secondary N) is 2. The highest BCUT2D eigenvalue weighted by atomic mass is 35.5. The van der Waals surface area contributed by atoms with Gasteiger partial charge >= 0.3 is 0 Å². The number of hydrogen-bond acceptors (Lipinski definition) is 8. The monoisotopic (exact) mass is 416 g/mol. The average molecular weight is 417 g/mol. The van der Waals surface area contributed by atoms with Gasteiger partial charge in [0.2, 0.25) is 5.06 Å². The van der Waals surface area contributed by atoms with E-state index >= 15 is 0 Å². The molecule has 2 N–H and O–H groups in total. The Kier molecular flexibility index (Phi) is 8.63. The molecule has 10 heteroatoms. The SMILES string of the molecule is Cc1nc(NC(=O)COSNCCN(C)C)sc1Oc1cccc(Cl)c1. The minimum absolute atomic E-state index is 0.0806. The molecule has 0 aliphatic carbocycles. The number of thiazole rings is 1. The molecule has 0 saturated heterocycles. The Bertz CT molecular complexity index is 727. The van der Waals surface area contributed by atoms with Crippen molar-refractivity contribution in [1.82, 2.24) is 14.6 Å². The molecule has 0 aliphatic rings. The van der Waals surface area contributed by atoms with Crippen LogP contribution in [-0.4, -0.2) is 49.6 Å². The minimum atomic E-state index is -0.282. The van der Waals surface area contributed by atoms with Crippen molar-refractivity contribution in [3.8, 4) is 10.8 Å². The third kappa shape index (κ3) is 7.48. The molecule has 0 saturated carbocycles. The van der Waals surface area contributed by atoms with Gasteiger partial charge in [-0.1, -0.05) is 29.0 Å². The van der Waals surface area contributed by atoms with Crippen molar-refractivity contribution in [1.29, 1.82) is 0 Å². The zero-order valence-electron chi connectivity index (χ0n) is 14.7. The first kappa shape index (κ1) is 20.9. The zero-order chi connectivity index (χ0) is 18.9. The van der Waals surface area contributed by atoms with Gasteiger partial charge in [0.15, 0.2) is 5.13 Å². The molecule has 1 heterocycles. The molecule has 0 aliphatic heterocycles. The summed E-state index contributed by atoms with van der Waals surface area (Å²) in [5, 5.41) is 4.34. The molecule has 0 unspecified atom stereocenters. The maximum Gasteiger partial charge on any atom is 0.253 e. The molecule has 0 fully saturated rings. The predicted molar refractivity (Wildman–Crippen MR) is 107 cm³/mol. The second-order valence-corrected chi connectivity index (χ2v) is 7.63. The summed E-state index contributed by atoms with van der Waals surface area (Å²) in [5.74, 6) is 0.334. The van der Waals surface area contributed by atoms with Crippen molar-refractivity contribution in [2.75, 3.05) is 39.1 Å². The highest BCUT2D eigenvalue weighted by Crippen LogP contribution is 2.34. The zero-order valence-corrected chi connectivity index (χ0v) is 17.1. The highest BCUT2D eigenvalue weighted by molar-refractivity contribution is 7.92. The van der Waals surface area contributed by atoms with Gasteiger partial charge in [-0.15, -0.1) is 0 Å². The van der Waals surface area contributed by atoms with Gasteiger partial charge in [0.25, 0.3) is 5.91 Å². The number of likely N-dealkylation sites (N-methyl/N-ethyl adjacent to an activating group) is 1. The van der Waals surface area contributed by atoms with Gasteiger partial charge in [-0.05, 0) is 39.2 Å². The van der Waals surface area contributed by atoms with E-state index in [1.165, 1.54) is 11.3 Å². The van der Waals surface area contributed by atoms with Gasteiger partial charge in [0.1, 0.15) is 12.4 Å². The molecule has 26 heavy (non-hydrogen) atoms. The van der Waals surface area contributed by atoms with Crippen LogP contribution >= 0.6 is 35.2 Å². The van der Waals surface area contributed by atoms with Crippen LogP contribution in [0.25, 0.3) is 0 Å². The second kappa shape index (κ2) is 10.7. The molecule has 0 bridgehead atoms. The predicted octanol–water partition coefficient (Wildman–Crippen LogP) is 3.57. The molecular weight excluding hydrogens is 396 g/mol. The molecule has 0 atom stereocenters. The summed E-state index contributed by atoms with van der Waals surface area (Å²) in [7, 11) is 3.97. The number of nitrogens with zero attached hydrogens (tertiary/aromatic N) is 2. The molecule has 0 radical (unpaired) electrons. The van der Waals surface area contributed by atoms with Crippen LogP contribution < -0.4 is 14.8 Å². The molecule has 2 rings (SSSR count). The molecule has 7 nitrogen and oxygen atoms in total. The van der Waals surface area contributed by atoms with Crippen LogP contribution in [0.1, 0.15) is 5.69 Å². The highest BCUT2D eigenvalue weighted by Gasteiger charge is 2.13. The fourth-order valence-electron chi connectivity index (χ4n) is 1.76. The van der Waals surface area contributed by atoms with Crippen LogP contribution in [0.5, 0.6) is 10.8 Å². The van der Waals surface area contributed by atoms with Crippen molar-refractivity contribution in [2.45, 2.75) is 6.92 Å². The summed E-state index contributed by atoms with van der Waals surface area (Å²) in [6, 6.07) is 7.09. The van der Waals surface area contributed by atoms with Crippen molar-refractivity contribution in [3.63, 3.8) is 0 Å². The van der Waals surface area contributed by atoms with Crippen LogP contribution in [0.15, 0.2) is 24.3 Å². The lowest BCUT2D eigenvalue weighted by Gasteiger charge is -2.09. The number of aromatic nitrogens is 1. The number of ether oxygens (including phenoxy) is 1. The lowest BCUT2D eigenvalue weighted by Crippen LogP contribution is -2.23. The smallest absolute Gasteiger partial charge is 0.253 e. The number of rotatable bonds is 10. The molecule has 1 aromatic carbocycles. The molecular formula is C16H21ClN4O3S2. The largest absolute Gasteiger partial charge is 0.445 e. The number of hydrogen-bond donors (Lipinski definition) is 2. The Morgan fingerprint density at radius 2 is 2.23 bits per heavy atom. The molecule has 1 aromatic heterocycles. The first-order valence-electron chi connectivity index (χ1n) is 7.81. The van der Waals surface area contributed by atoms with E-state index < -0.39 is 0 Å². The van der Waals surface area contributed by atoms with E-state index in [4.69, 9.17) is 20.5 Å². The van der Waals surface area contributed by atoms with Gasteiger partial charge in [-0.2, -0.15) is 0 Å². The second-order valence-electron chi connectivity index (χ2n) is 5.54. The molecule has 0 spiro atoms. The third-order valence-electron chi connectivity index (χ3n) is 2.98. The van der Waals surface area contributed by atoms with Crippen LogP contribution in [0.3, 0.4) is 0 Å². The number of aryl methyl sites for hydroxylation is 1. The van der Waals surface area contributed by atoms with E-state index in [0.717, 1.165) is 25.3 Å². The Hall–Kier alpha value is -1.36. The van der Waals surface area contributed by atoms with E-state index in [-0.39, 0.29) is 12.5 Å². The molecule has 142 valence electrons. The Morgan fingerprint density at radius 3 is 2.96 bits per heavy atom. The van der Waals surface area contributed by atoms with E-state index in [0.29, 0.717) is 26.7 Å². The summed E-state index contributed by atoms with van der Waals surface area (Å²) >= 11 is 8.25. The summed E-state index contributed by atoms with van der Waals surface area (Å²) in [5.41, 5.74) is 0.686. The third-order valence-corrected chi connectivity index (χ3v) is 4.72. The summed E-state index contributed by atoms with van der Waals surface area (Å²) in [6.45, 7) is 3.38. The van der Waals surface area contributed by atoms with E-state index in [1.807, 2.05) is 25.9 Å². The number of anilines is 1. The fourth-order valence-corrected chi connectivity index (χ4v) is 3.22. The normalized spacial score (nSPS) is 11.0. The Labute approximate surface area is 166 Å². The average Bonchev–Trinajstić information content (AvgIpc) is 2.89. The maximum absolute atomic E-state index is 11.9. The Morgan fingerprint density at radius 1 is 1.42 bits per heavy atom. The number of carbonyl (C=O) groups excluding carboxylic acids is 1. The molecule has 1 amide bonds. The lowest BCUT2D eigenvalue weighted by atomic mass is 10.3. The topological polar surface area (TPSA) is 75.7 Å². The van der Waals surface area contributed by atoms with Crippen molar-refractivity contribution < 1.29 is 13.7 Å². The van der Waals surface area contributed by atoms with Crippen LogP contribution in [0.4, 0.5) is 5.13 Å². The Balaban J connectivity index is 1.76. The summed E-state index contributed by atoms with van der Waals surface area (Å²) in [4.78, 5) is 18.2. The van der Waals surface area contributed by atoms with Crippen molar-refractivity contribution in [2.24, 2.45) is 0 Å². The van der Waals surface area contributed by atoms with E-state index in [1.54, 1.807) is 24.3 Å². The van der Waals surface area contributed by atoms with Crippen molar-refractivity contribution in [3.05, 3.63) is 35.0 Å².